The lowest BCUT2D eigenvalue weighted by atomic mass is 10.1. The summed E-state index contributed by atoms with van der Waals surface area (Å²) in [5, 5.41) is 5.52. The van der Waals surface area contributed by atoms with E-state index in [0.29, 0.717) is 6.42 Å². The van der Waals surface area contributed by atoms with Gasteiger partial charge < -0.3 is 20.4 Å². The molecule has 2 rings (SSSR count). The van der Waals surface area contributed by atoms with Gasteiger partial charge in [0.2, 0.25) is 11.8 Å². The molecule has 6 heteroatoms. The maximum atomic E-state index is 12.1. The predicted octanol–water partition coefficient (Wildman–Crippen LogP) is 0.686. The quantitative estimate of drug-likeness (QED) is 0.838. The summed E-state index contributed by atoms with van der Waals surface area (Å²) in [5.74, 6) is -0.293. The van der Waals surface area contributed by atoms with Crippen molar-refractivity contribution < 1.29 is 9.59 Å². The molecule has 0 radical (unpaired) electrons. The van der Waals surface area contributed by atoms with Gasteiger partial charge in [0.25, 0.3) is 0 Å². The zero-order valence-electron chi connectivity index (χ0n) is 14.1. The minimum absolute atomic E-state index is 0.000554. The number of nitrogens with one attached hydrogen (secondary N) is 2. The van der Waals surface area contributed by atoms with Crippen molar-refractivity contribution in [1.29, 1.82) is 0 Å². The van der Waals surface area contributed by atoms with E-state index in [-0.39, 0.29) is 24.4 Å². The molecule has 23 heavy (non-hydrogen) atoms. The van der Waals surface area contributed by atoms with Crippen LogP contribution in [0.3, 0.4) is 0 Å². The standard InChI is InChI=1S/C17H26N4O2/c1-13-6-4-5-7-15(13)19-17(23)11-18-16(22)10-14-12-20(2)8-9-21(14)3/h4-7,14H,8-12H2,1-3H3,(H,18,22)(H,19,23). The first-order chi connectivity index (χ1) is 11.0. The molecular formula is C17H26N4O2. The molecule has 1 aromatic rings. The Morgan fingerprint density at radius 1 is 1.17 bits per heavy atom. The Kier molecular flexibility index (Phi) is 6.12. The molecule has 2 N–H and O–H groups in total. The van der Waals surface area contributed by atoms with Gasteiger partial charge in [0.1, 0.15) is 0 Å². The number of nitrogens with zero attached hydrogens (tertiary/aromatic N) is 2. The fourth-order valence-electron chi connectivity index (χ4n) is 2.69. The van der Waals surface area contributed by atoms with Crippen LogP contribution in [0.2, 0.25) is 0 Å². The Balaban J connectivity index is 1.75. The van der Waals surface area contributed by atoms with Crippen molar-refractivity contribution >= 4 is 17.5 Å². The van der Waals surface area contributed by atoms with Crippen molar-refractivity contribution in [2.45, 2.75) is 19.4 Å². The van der Waals surface area contributed by atoms with Crippen LogP contribution in [0, 0.1) is 6.92 Å². The summed E-state index contributed by atoms with van der Waals surface area (Å²) in [6.45, 7) is 4.79. The summed E-state index contributed by atoms with van der Waals surface area (Å²) in [4.78, 5) is 28.4. The van der Waals surface area contributed by atoms with Gasteiger partial charge in [0.15, 0.2) is 0 Å². The SMILES string of the molecule is Cc1ccccc1NC(=O)CNC(=O)CC1CN(C)CCN1C. The van der Waals surface area contributed by atoms with Gasteiger partial charge in [0, 0.05) is 37.8 Å². The van der Waals surface area contributed by atoms with E-state index >= 15 is 0 Å². The second-order valence-electron chi connectivity index (χ2n) is 6.24. The fourth-order valence-corrected chi connectivity index (χ4v) is 2.69. The molecule has 0 aliphatic carbocycles. The molecule has 0 bridgehead atoms. The Morgan fingerprint density at radius 3 is 2.65 bits per heavy atom. The normalized spacial score (nSPS) is 19.3. The average molecular weight is 318 g/mol. The van der Waals surface area contributed by atoms with Crippen molar-refractivity contribution in [2.75, 3.05) is 45.6 Å². The molecule has 6 nitrogen and oxygen atoms in total. The summed E-state index contributed by atoms with van der Waals surface area (Å²) in [6.07, 6.45) is 0.415. The number of aryl methyl sites for hydroxylation is 1. The highest BCUT2D eigenvalue weighted by Crippen LogP contribution is 2.12. The first-order valence-electron chi connectivity index (χ1n) is 7.96. The van der Waals surface area contributed by atoms with E-state index < -0.39 is 0 Å². The fraction of sp³-hybridized carbons (Fsp3) is 0.529. The number of hydrogen-bond donors (Lipinski definition) is 2. The minimum Gasteiger partial charge on any atom is -0.347 e. The Hall–Kier alpha value is -1.92. The van der Waals surface area contributed by atoms with Gasteiger partial charge in [-0.1, -0.05) is 18.2 Å². The number of piperazine rings is 1. The molecule has 1 aliphatic rings. The van der Waals surface area contributed by atoms with Gasteiger partial charge in [-0.3, -0.25) is 9.59 Å². The lowest BCUT2D eigenvalue weighted by molar-refractivity contribution is -0.125. The molecule has 2 amide bonds. The largest absolute Gasteiger partial charge is 0.347 e. The molecule has 1 aliphatic heterocycles. The monoisotopic (exact) mass is 318 g/mol. The number of carbonyl (C=O) groups excluding carboxylic acids is 2. The van der Waals surface area contributed by atoms with E-state index in [9.17, 15) is 9.59 Å². The van der Waals surface area contributed by atoms with Crippen LogP contribution in [-0.4, -0.2) is 67.9 Å². The molecule has 1 atom stereocenters. The van der Waals surface area contributed by atoms with Gasteiger partial charge in [-0.15, -0.1) is 0 Å². The third-order valence-corrected chi connectivity index (χ3v) is 4.27. The Labute approximate surface area is 137 Å². The topological polar surface area (TPSA) is 64.7 Å². The first kappa shape index (κ1) is 17.4. The summed E-state index contributed by atoms with van der Waals surface area (Å²) in [6, 6.07) is 7.78. The van der Waals surface area contributed by atoms with Crippen LogP contribution < -0.4 is 10.6 Å². The average Bonchev–Trinajstić information content (AvgIpc) is 2.51. The number of likely N-dealkylation sites (N-methyl/N-ethyl adjacent to an activating group) is 2. The highest BCUT2D eigenvalue weighted by atomic mass is 16.2. The van der Waals surface area contributed by atoms with Crippen molar-refractivity contribution in [3.05, 3.63) is 29.8 Å². The maximum absolute atomic E-state index is 12.1. The smallest absolute Gasteiger partial charge is 0.243 e. The van der Waals surface area contributed by atoms with Crippen LogP contribution in [0.1, 0.15) is 12.0 Å². The van der Waals surface area contributed by atoms with E-state index in [1.807, 2.05) is 38.2 Å². The summed E-state index contributed by atoms with van der Waals surface area (Å²) in [7, 11) is 4.10. The molecule has 126 valence electrons. The highest BCUT2D eigenvalue weighted by Gasteiger charge is 2.24. The van der Waals surface area contributed by atoms with Crippen LogP contribution in [0.25, 0.3) is 0 Å². The zero-order valence-corrected chi connectivity index (χ0v) is 14.1. The van der Waals surface area contributed by atoms with Crippen molar-refractivity contribution in [3.8, 4) is 0 Å². The molecule has 1 saturated heterocycles. The number of benzene rings is 1. The molecule has 0 aromatic heterocycles. The number of para-hydroxylation sites is 1. The van der Waals surface area contributed by atoms with Gasteiger partial charge in [-0.2, -0.15) is 0 Å². The molecule has 1 heterocycles. The summed E-state index contributed by atoms with van der Waals surface area (Å²) < 4.78 is 0. The third-order valence-electron chi connectivity index (χ3n) is 4.27. The summed E-state index contributed by atoms with van der Waals surface area (Å²) >= 11 is 0. The third kappa shape index (κ3) is 5.33. The van der Waals surface area contributed by atoms with Crippen LogP contribution in [0.15, 0.2) is 24.3 Å². The number of amides is 2. The van der Waals surface area contributed by atoms with Crippen molar-refractivity contribution in [3.63, 3.8) is 0 Å². The second-order valence-corrected chi connectivity index (χ2v) is 6.24. The molecule has 1 fully saturated rings. The molecule has 0 saturated carbocycles. The van der Waals surface area contributed by atoms with Crippen LogP contribution in [0.4, 0.5) is 5.69 Å². The summed E-state index contributed by atoms with van der Waals surface area (Å²) in [5.41, 5.74) is 1.78. The van der Waals surface area contributed by atoms with Gasteiger partial charge in [0.05, 0.1) is 6.54 Å². The molecule has 1 unspecified atom stereocenters. The number of hydrogen-bond acceptors (Lipinski definition) is 4. The maximum Gasteiger partial charge on any atom is 0.243 e. The number of rotatable bonds is 5. The van der Waals surface area contributed by atoms with Crippen LogP contribution in [-0.2, 0) is 9.59 Å². The number of anilines is 1. The van der Waals surface area contributed by atoms with Gasteiger partial charge in [-0.05, 0) is 32.6 Å². The van der Waals surface area contributed by atoms with E-state index in [4.69, 9.17) is 0 Å². The van der Waals surface area contributed by atoms with E-state index in [1.54, 1.807) is 0 Å². The van der Waals surface area contributed by atoms with Gasteiger partial charge >= 0.3 is 0 Å². The lowest BCUT2D eigenvalue weighted by Gasteiger charge is -2.37. The van der Waals surface area contributed by atoms with Crippen molar-refractivity contribution in [2.24, 2.45) is 0 Å². The van der Waals surface area contributed by atoms with Crippen LogP contribution in [0.5, 0.6) is 0 Å². The van der Waals surface area contributed by atoms with E-state index in [2.05, 4.69) is 27.5 Å². The molecular weight excluding hydrogens is 292 g/mol. The highest BCUT2D eigenvalue weighted by molar-refractivity contribution is 5.95. The lowest BCUT2D eigenvalue weighted by Crippen LogP contribution is -2.51. The van der Waals surface area contributed by atoms with E-state index in [0.717, 1.165) is 30.9 Å². The zero-order chi connectivity index (χ0) is 16.8. The minimum atomic E-state index is -0.207. The molecule has 1 aromatic carbocycles. The first-order valence-corrected chi connectivity index (χ1v) is 7.96. The van der Waals surface area contributed by atoms with E-state index in [1.165, 1.54) is 0 Å². The van der Waals surface area contributed by atoms with Crippen molar-refractivity contribution in [1.82, 2.24) is 15.1 Å². The Bertz CT molecular complexity index is 561. The second kappa shape index (κ2) is 8.08. The predicted molar refractivity (Wildman–Crippen MR) is 91.4 cm³/mol. The van der Waals surface area contributed by atoms with Gasteiger partial charge in [-0.25, -0.2) is 0 Å². The molecule has 0 spiro atoms. The Morgan fingerprint density at radius 2 is 1.91 bits per heavy atom. The van der Waals surface area contributed by atoms with Crippen LogP contribution >= 0.6 is 0 Å². The number of carbonyl (C=O) groups is 2.